The van der Waals surface area contributed by atoms with Crippen molar-refractivity contribution in [3.05, 3.63) is 54.1 Å². The highest BCUT2D eigenvalue weighted by molar-refractivity contribution is 14.0. The number of benzene rings is 2. The Labute approximate surface area is 178 Å². The summed E-state index contributed by atoms with van der Waals surface area (Å²) in [5.74, 6) is 2.90. The zero-order valence-corrected chi connectivity index (χ0v) is 18.5. The first kappa shape index (κ1) is 23.0. The fourth-order valence-corrected chi connectivity index (χ4v) is 2.41. The summed E-state index contributed by atoms with van der Waals surface area (Å²) in [6.45, 7) is 3.32. The Morgan fingerprint density at radius 1 is 1.04 bits per heavy atom. The molecule has 0 saturated heterocycles. The van der Waals surface area contributed by atoms with Gasteiger partial charge < -0.3 is 24.8 Å². The first-order chi connectivity index (χ1) is 12.7. The summed E-state index contributed by atoms with van der Waals surface area (Å²) in [4.78, 5) is 4.22. The molecule has 0 fully saturated rings. The monoisotopic (exact) mass is 485 g/mol. The Hall–Kier alpha value is -2.00. The number of hydrogen-bond donors (Lipinski definition) is 2. The lowest BCUT2D eigenvalue weighted by molar-refractivity contribution is 0.179. The van der Waals surface area contributed by atoms with E-state index in [1.807, 2.05) is 55.5 Å². The Balaban J connectivity index is 0.00000364. The van der Waals surface area contributed by atoms with Crippen molar-refractivity contribution in [2.45, 2.75) is 19.5 Å². The van der Waals surface area contributed by atoms with Gasteiger partial charge in [0.15, 0.2) is 17.5 Å². The van der Waals surface area contributed by atoms with Crippen LogP contribution >= 0.6 is 24.0 Å². The minimum Gasteiger partial charge on any atom is -0.493 e. The molecule has 6 nitrogen and oxygen atoms in total. The van der Waals surface area contributed by atoms with Gasteiger partial charge in [-0.25, -0.2) is 0 Å². The lowest BCUT2D eigenvalue weighted by atomic mass is 10.2. The second-order valence-electron chi connectivity index (χ2n) is 5.82. The van der Waals surface area contributed by atoms with E-state index in [-0.39, 0.29) is 30.0 Å². The molecule has 0 heterocycles. The Morgan fingerprint density at radius 3 is 2.30 bits per heavy atom. The van der Waals surface area contributed by atoms with Crippen molar-refractivity contribution in [3.8, 4) is 17.2 Å². The molecule has 1 unspecified atom stereocenters. The maximum Gasteiger partial charge on any atom is 0.191 e. The van der Waals surface area contributed by atoms with Gasteiger partial charge in [0.25, 0.3) is 0 Å². The maximum atomic E-state index is 5.89. The van der Waals surface area contributed by atoms with E-state index in [1.165, 1.54) is 0 Å². The van der Waals surface area contributed by atoms with E-state index in [2.05, 4.69) is 15.6 Å². The largest absolute Gasteiger partial charge is 0.493 e. The number of para-hydroxylation sites is 2. The third kappa shape index (κ3) is 7.64. The molecule has 2 aromatic carbocycles. The summed E-state index contributed by atoms with van der Waals surface area (Å²) >= 11 is 0. The molecule has 0 aromatic heterocycles. The topological polar surface area (TPSA) is 64.1 Å². The van der Waals surface area contributed by atoms with Crippen LogP contribution < -0.4 is 20.1 Å². The molecule has 148 valence electrons. The minimum atomic E-state index is 0. The number of halogens is 1. The average molecular weight is 485 g/mol. The number of ether oxygens (including phenoxy) is 3. The van der Waals surface area contributed by atoms with Crippen LogP contribution in [0.1, 0.15) is 12.5 Å². The van der Waals surface area contributed by atoms with Crippen LogP contribution in [0.3, 0.4) is 0 Å². The summed E-state index contributed by atoms with van der Waals surface area (Å²) in [5.41, 5.74) is 1.12. The van der Waals surface area contributed by atoms with E-state index in [1.54, 1.807) is 21.3 Å². The highest BCUT2D eigenvalue weighted by Gasteiger charge is 2.06. The molecule has 2 rings (SSSR count). The molecular weight excluding hydrogens is 457 g/mol. The Morgan fingerprint density at radius 2 is 1.70 bits per heavy atom. The van der Waals surface area contributed by atoms with Gasteiger partial charge in [-0.3, -0.25) is 4.99 Å². The predicted molar refractivity (Wildman–Crippen MR) is 120 cm³/mol. The van der Waals surface area contributed by atoms with Crippen LogP contribution in [0.2, 0.25) is 0 Å². The number of aliphatic imine (C=N–C) groups is 1. The number of nitrogens with one attached hydrogen (secondary N) is 2. The maximum absolute atomic E-state index is 5.89. The average Bonchev–Trinajstić information content (AvgIpc) is 2.67. The van der Waals surface area contributed by atoms with Gasteiger partial charge in [-0.1, -0.05) is 24.3 Å². The summed E-state index contributed by atoms with van der Waals surface area (Å²) in [6.07, 6.45) is 0. The number of methoxy groups -OCH3 is 2. The molecule has 7 heteroatoms. The van der Waals surface area contributed by atoms with E-state index in [0.29, 0.717) is 24.7 Å². The first-order valence-corrected chi connectivity index (χ1v) is 8.52. The van der Waals surface area contributed by atoms with E-state index < -0.39 is 0 Å². The van der Waals surface area contributed by atoms with Gasteiger partial charge in [0.1, 0.15) is 5.75 Å². The van der Waals surface area contributed by atoms with E-state index in [0.717, 1.165) is 17.3 Å². The molecule has 2 N–H and O–H groups in total. The Bertz CT molecular complexity index is 708. The van der Waals surface area contributed by atoms with Gasteiger partial charge in [0.2, 0.25) is 0 Å². The normalized spacial score (nSPS) is 11.9. The number of nitrogens with zero attached hydrogens (tertiary/aromatic N) is 1. The quantitative estimate of drug-likeness (QED) is 0.339. The number of guanidine groups is 1. The smallest absolute Gasteiger partial charge is 0.191 e. The summed E-state index contributed by atoms with van der Waals surface area (Å²) in [7, 11) is 5.06. The second kappa shape index (κ2) is 12.4. The summed E-state index contributed by atoms with van der Waals surface area (Å²) < 4.78 is 16.3. The molecule has 0 aliphatic heterocycles. The van der Waals surface area contributed by atoms with Crippen LogP contribution in [-0.2, 0) is 11.3 Å². The Kier molecular flexibility index (Phi) is 10.6. The van der Waals surface area contributed by atoms with Crippen molar-refractivity contribution in [2.75, 3.05) is 27.9 Å². The van der Waals surface area contributed by atoms with Crippen molar-refractivity contribution in [1.82, 2.24) is 10.6 Å². The molecule has 2 aromatic rings. The molecule has 27 heavy (non-hydrogen) atoms. The van der Waals surface area contributed by atoms with Crippen molar-refractivity contribution >= 4 is 29.9 Å². The van der Waals surface area contributed by atoms with Crippen LogP contribution in [0.5, 0.6) is 17.2 Å². The van der Waals surface area contributed by atoms with Crippen LogP contribution in [0.15, 0.2) is 53.5 Å². The predicted octanol–water partition coefficient (Wildman–Crippen LogP) is 3.81. The molecule has 0 aliphatic carbocycles. The van der Waals surface area contributed by atoms with E-state index in [9.17, 15) is 0 Å². The van der Waals surface area contributed by atoms with Crippen molar-refractivity contribution < 1.29 is 14.2 Å². The van der Waals surface area contributed by atoms with E-state index in [4.69, 9.17) is 14.2 Å². The molecule has 0 radical (unpaired) electrons. The molecule has 0 saturated carbocycles. The molecule has 0 aliphatic rings. The zero-order valence-electron chi connectivity index (χ0n) is 16.2. The first-order valence-electron chi connectivity index (χ1n) is 8.52. The van der Waals surface area contributed by atoms with Crippen LogP contribution in [0, 0.1) is 0 Å². The minimum absolute atomic E-state index is 0. The van der Waals surface area contributed by atoms with Gasteiger partial charge in [0, 0.05) is 26.7 Å². The lowest BCUT2D eigenvalue weighted by Gasteiger charge is -2.17. The molecule has 0 amide bonds. The molecule has 0 spiro atoms. The van der Waals surface area contributed by atoms with Crippen LogP contribution in [-0.4, -0.2) is 39.9 Å². The van der Waals surface area contributed by atoms with Crippen molar-refractivity contribution in [3.63, 3.8) is 0 Å². The molecular formula is C20H28IN3O3. The highest BCUT2D eigenvalue weighted by atomic mass is 127. The van der Waals surface area contributed by atoms with Crippen LogP contribution in [0.4, 0.5) is 0 Å². The second-order valence-corrected chi connectivity index (χ2v) is 5.82. The molecule has 0 bridgehead atoms. The van der Waals surface area contributed by atoms with Gasteiger partial charge in [0.05, 0.1) is 13.7 Å². The van der Waals surface area contributed by atoms with Crippen LogP contribution in [0.25, 0.3) is 0 Å². The SMILES string of the molecule is CN=C(NCc1ccc(Oc2ccccc2OC)cc1)NC(C)COC.I. The number of rotatable bonds is 8. The third-order valence-electron chi connectivity index (χ3n) is 3.70. The highest BCUT2D eigenvalue weighted by Crippen LogP contribution is 2.30. The van der Waals surface area contributed by atoms with Gasteiger partial charge in [-0.05, 0) is 36.8 Å². The standard InChI is InChI=1S/C20H27N3O3.HI/c1-15(14-24-3)23-20(21-2)22-13-16-9-11-17(12-10-16)26-19-8-6-5-7-18(19)25-4;/h5-12,15H,13-14H2,1-4H3,(H2,21,22,23);1H. The van der Waals surface area contributed by atoms with Crippen molar-refractivity contribution in [2.24, 2.45) is 4.99 Å². The summed E-state index contributed by atoms with van der Waals surface area (Å²) in [6, 6.07) is 15.7. The summed E-state index contributed by atoms with van der Waals surface area (Å²) in [5, 5.41) is 6.55. The van der Waals surface area contributed by atoms with Gasteiger partial charge >= 0.3 is 0 Å². The van der Waals surface area contributed by atoms with Gasteiger partial charge in [-0.15, -0.1) is 24.0 Å². The fourth-order valence-electron chi connectivity index (χ4n) is 2.41. The van der Waals surface area contributed by atoms with Gasteiger partial charge in [-0.2, -0.15) is 0 Å². The third-order valence-corrected chi connectivity index (χ3v) is 3.70. The zero-order chi connectivity index (χ0) is 18.8. The molecule has 1 atom stereocenters. The number of hydrogen-bond acceptors (Lipinski definition) is 4. The fraction of sp³-hybridized carbons (Fsp3) is 0.350. The van der Waals surface area contributed by atoms with Crippen molar-refractivity contribution in [1.29, 1.82) is 0 Å². The lowest BCUT2D eigenvalue weighted by Crippen LogP contribution is -2.43. The van der Waals surface area contributed by atoms with E-state index >= 15 is 0 Å².